The molecule has 0 radical (unpaired) electrons. The van der Waals surface area contributed by atoms with Crippen LogP contribution in [0.25, 0.3) is 0 Å². The summed E-state index contributed by atoms with van der Waals surface area (Å²) >= 11 is 6.45. The predicted molar refractivity (Wildman–Crippen MR) is 126 cm³/mol. The summed E-state index contributed by atoms with van der Waals surface area (Å²) in [6, 6.07) is 15.2. The number of benzene rings is 3. The van der Waals surface area contributed by atoms with Crippen LogP contribution in [0.3, 0.4) is 0 Å². The second-order valence-corrected chi connectivity index (χ2v) is 8.56. The number of hydrogen-bond acceptors (Lipinski definition) is 9. The van der Waals surface area contributed by atoms with E-state index in [1.165, 1.54) is 38.5 Å². The number of ether oxygens (including phenoxy) is 6. The van der Waals surface area contributed by atoms with Gasteiger partial charge < -0.3 is 28.4 Å². The van der Waals surface area contributed by atoms with Crippen LogP contribution in [0.5, 0.6) is 34.5 Å². The normalized spacial score (nSPS) is 19.8. The molecule has 2 atom stereocenters. The summed E-state index contributed by atoms with van der Waals surface area (Å²) in [6.45, 7) is 0.177. The number of halogens is 1. The minimum absolute atomic E-state index is 0.0457. The Morgan fingerprint density at radius 1 is 1.03 bits per heavy atom. The molecule has 0 saturated heterocycles. The second kappa shape index (κ2) is 9.12. The van der Waals surface area contributed by atoms with Gasteiger partial charge in [0.1, 0.15) is 12.4 Å². The van der Waals surface area contributed by atoms with Crippen LogP contribution < -0.4 is 28.4 Å². The maximum absolute atomic E-state index is 13.4. The third-order valence-corrected chi connectivity index (χ3v) is 6.42. The van der Waals surface area contributed by atoms with Gasteiger partial charge in [0.05, 0.1) is 24.7 Å². The van der Waals surface area contributed by atoms with Crippen molar-refractivity contribution in [2.24, 2.45) is 0 Å². The number of fused-ring (bicyclic) bond motifs is 2. The molecule has 2 aliphatic rings. The number of carbonyl (C=O) groups is 1. The fourth-order valence-corrected chi connectivity index (χ4v) is 4.37. The van der Waals surface area contributed by atoms with Crippen molar-refractivity contribution in [3.63, 3.8) is 0 Å². The lowest BCUT2D eigenvalue weighted by molar-refractivity contribution is -0.536. The molecule has 0 bridgehead atoms. The van der Waals surface area contributed by atoms with Gasteiger partial charge in [-0.3, -0.25) is 14.9 Å². The SMILES string of the molecule is COc1cc([C@@H]2Oc3cc4c(cc3C(=O)[C@@]2(Cl)[N+](=O)[O-])OCO4)cc(OC)c1OCc1ccccc1. The summed E-state index contributed by atoms with van der Waals surface area (Å²) < 4.78 is 33.6. The number of nitrogens with zero attached hydrogens (tertiary/aromatic N) is 1. The Labute approximate surface area is 210 Å². The predicted octanol–water partition coefficient (Wildman–Crippen LogP) is 4.54. The van der Waals surface area contributed by atoms with E-state index in [4.69, 9.17) is 40.0 Å². The van der Waals surface area contributed by atoms with Crippen LogP contribution in [-0.2, 0) is 6.61 Å². The first-order valence-corrected chi connectivity index (χ1v) is 11.2. The van der Waals surface area contributed by atoms with Crippen LogP contribution in [0.15, 0.2) is 54.6 Å². The Bertz CT molecular complexity index is 1320. The van der Waals surface area contributed by atoms with Crippen molar-refractivity contribution >= 4 is 17.4 Å². The molecular formula is C25H20ClNO9. The van der Waals surface area contributed by atoms with Gasteiger partial charge in [0.2, 0.25) is 18.6 Å². The molecule has 10 nitrogen and oxygen atoms in total. The van der Waals surface area contributed by atoms with Gasteiger partial charge in [-0.25, -0.2) is 0 Å². The van der Waals surface area contributed by atoms with Gasteiger partial charge >= 0.3 is 5.00 Å². The first-order chi connectivity index (χ1) is 17.4. The van der Waals surface area contributed by atoms with Gasteiger partial charge in [0.15, 0.2) is 23.0 Å². The molecule has 0 aromatic heterocycles. The molecule has 186 valence electrons. The highest BCUT2D eigenvalue weighted by atomic mass is 35.5. The van der Waals surface area contributed by atoms with Crippen molar-refractivity contribution < 1.29 is 38.1 Å². The summed E-state index contributed by atoms with van der Waals surface area (Å²) in [4.78, 5) is 22.0. The monoisotopic (exact) mass is 513 g/mol. The van der Waals surface area contributed by atoms with E-state index in [0.717, 1.165) is 5.56 Å². The maximum Gasteiger partial charge on any atom is 0.397 e. The molecule has 0 aliphatic carbocycles. The first-order valence-electron chi connectivity index (χ1n) is 10.8. The van der Waals surface area contributed by atoms with Crippen LogP contribution in [0, 0.1) is 10.1 Å². The third-order valence-electron chi connectivity index (χ3n) is 5.91. The Morgan fingerprint density at radius 3 is 2.28 bits per heavy atom. The van der Waals surface area contributed by atoms with E-state index in [-0.39, 0.29) is 53.3 Å². The van der Waals surface area contributed by atoms with E-state index in [0.29, 0.717) is 5.75 Å². The Hall–Kier alpha value is -4.18. The van der Waals surface area contributed by atoms with Gasteiger partial charge in [-0.2, -0.15) is 0 Å². The average Bonchev–Trinajstić information content (AvgIpc) is 3.36. The number of ketones is 1. The molecular weight excluding hydrogens is 494 g/mol. The highest BCUT2D eigenvalue weighted by Gasteiger charge is 2.62. The zero-order valence-electron chi connectivity index (χ0n) is 19.2. The standard InChI is InChI=1S/C25H20ClNO9/c1-31-20-8-15(9-21(32-2)22(20)33-12-14-6-4-3-5-7-14)24-25(26,27(29)30)23(28)16-10-18-19(35-13-34-18)11-17(16)36-24/h3-11,24H,12-13H2,1-2H3/t24-,25+/m0/s1. The topological polar surface area (TPSA) is 116 Å². The first kappa shape index (κ1) is 23.6. The van der Waals surface area contributed by atoms with Gasteiger partial charge in [-0.1, -0.05) is 30.3 Å². The molecule has 0 N–H and O–H groups in total. The molecule has 11 heteroatoms. The quantitative estimate of drug-likeness (QED) is 0.194. The van der Waals surface area contributed by atoms with Gasteiger partial charge in [-0.15, -0.1) is 0 Å². The van der Waals surface area contributed by atoms with E-state index >= 15 is 0 Å². The van der Waals surface area contributed by atoms with E-state index in [2.05, 4.69) is 0 Å². The summed E-state index contributed by atoms with van der Waals surface area (Å²) in [5.41, 5.74) is 1.01. The van der Waals surface area contributed by atoms with Gasteiger partial charge in [0, 0.05) is 11.6 Å². The Morgan fingerprint density at radius 2 is 1.67 bits per heavy atom. The van der Waals surface area contributed by atoms with Crippen LogP contribution >= 0.6 is 11.6 Å². The zero-order valence-corrected chi connectivity index (χ0v) is 19.9. The average molecular weight is 514 g/mol. The second-order valence-electron chi connectivity index (χ2n) is 7.99. The van der Waals surface area contributed by atoms with Crippen LogP contribution in [0.4, 0.5) is 0 Å². The lowest BCUT2D eigenvalue weighted by atomic mass is 9.90. The van der Waals surface area contributed by atoms with Crippen molar-refractivity contribution in [1.82, 2.24) is 0 Å². The van der Waals surface area contributed by atoms with Crippen LogP contribution in [-0.4, -0.2) is 36.7 Å². The Kier molecular flexibility index (Phi) is 5.97. The minimum Gasteiger partial charge on any atom is -0.493 e. The van der Waals surface area contributed by atoms with Crippen LogP contribution in [0.1, 0.15) is 27.6 Å². The molecule has 3 aromatic rings. The number of hydrogen-bond donors (Lipinski definition) is 0. The highest BCUT2D eigenvalue weighted by molar-refractivity contribution is 6.37. The smallest absolute Gasteiger partial charge is 0.397 e. The minimum atomic E-state index is -2.66. The summed E-state index contributed by atoms with van der Waals surface area (Å²) in [5.74, 6) is 0.471. The fraction of sp³-hybridized carbons (Fsp3) is 0.240. The molecule has 5 rings (SSSR count). The number of rotatable bonds is 7. The number of nitro groups is 1. The van der Waals surface area contributed by atoms with E-state index in [1.54, 1.807) is 0 Å². The molecule has 0 saturated carbocycles. The van der Waals surface area contributed by atoms with Gasteiger partial charge in [0.25, 0.3) is 5.78 Å². The van der Waals surface area contributed by atoms with Crippen molar-refractivity contribution in [2.75, 3.05) is 21.0 Å². The maximum atomic E-state index is 13.4. The third kappa shape index (κ3) is 3.79. The number of Topliss-reactive ketones (excluding diaryl/α,β-unsaturated/α-hetero) is 1. The highest BCUT2D eigenvalue weighted by Crippen LogP contribution is 2.51. The summed E-state index contributed by atoms with van der Waals surface area (Å²) in [6.07, 6.45) is -1.53. The molecule has 0 amide bonds. The van der Waals surface area contributed by atoms with Crippen molar-refractivity contribution in [3.05, 3.63) is 81.4 Å². The van der Waals surface area contributed by atoms with Crippen LogP contribution in [0.2, 0.25) is 0 Å². The van der Waals surface area contributed by atoms with E-state index in [9.17, 15) is 14.9 Å². The summed E-state index contributed by atoms with van der Waals surface area (Å²) in [7, 11) is 2.83. The fourth-order valence-electron chi connectivity index (χ4n) is 4.10. The molecule has 0 spiro atoms. The van der Waals surface area contributed by atoms with Crippen molar-refractivity contribution in [2.45, 2.75) is 17.7 Å². The zero-order chi connectivity index (χ0) is 25.4. The number of carbonyl (C=O) groups excluding carboxylic acids is 1. The largest absolute Gasteiger partial charge is 0.493 e. The Balaban J connectivity index is 1.57. The molecule has 0 fully saturated rings. The summed E-state index contributed by atoms with van der Waals surface area (Å²) in [5, 5.41) is 12.2. The molecule has 2 heterocycles. The molecule has 0 unspecified atom stereocenters. The van der Waals surface area contributed by atoms with E-state index in [1.807, 2.05) is 30.3 Å². The van der Waals surface area contributed by atoms with Crippen molar-refractivity contribution in [3.8, 4) is 34.5 Å². The molecule has 2 aliphatic heterocycles. The molecule has 3 aromatic carbocycles. The lowest BCUT2D eigenvalue weighted by Gasteiger charge is -2.33. The van der Waals surface area contributed by atoms with Crippen molar-refractivity contribution in [1.29, 1.82) is 0 Å². The van der Waals surface area contributed by atoms with Gasteiger partial charge in [-0.05, 0) is 35.4 Å². The molecule has 36 heavy (non-hydrogen) atoms. The number of alkyl halides is 1. The lowest BCUT2D eigenvalue weighted by Crippen LogP contribution is -2.51. The van der Waals surface area contributed by atoms with E-state index < -0.39 is 21.8 Å². The number of methoxy groups -OCH3 is 2.